The first-order valence-corrected chi connectivity index (χ1v) is 5.75. The third kappa shape index (κ3) is 3.63. The Hall–Kier alpha value is -1.40. The molecule has 5 nitrogen and oxygen atoms in total. The first-order valence-electron chi connectivity index (χ1n) is 4.80. The maximum absolute atomic E-state index is 11.5. The molecule has 0 saturated heterocycles. The summed E-state index contributed by atoms with van der Waals surface area (Å²) in [5, 5.41) is 14.8. The third-order valence-electron chi connectivity index (χ3n) is 2.10. The topological polar surface area (TPSA) is 92.4 Å². The molecule has 1 aromatic heterocycles. The third-order valence-corrected chi connectivity index (χ3v) is 2.83. The first-order chi connectivity index (χ1) is 7.50. The SMILES string of the molecule is C[C@H](NC(=O)[C@@H](N)Cc1ccsc1)C(=O)O. The summed E-state index contributed by atoms with van der Waals surface area (Å²) in [5.74, 6) is -1.52. The van der Waals surface area contributed by atoms with Crippen LogP contribution in [0.25, 0.3) is 0 Å². The van der Waals surface area contributed by atoms with E-state index >= 15 is 0 Å². The van der Waals surface area contributed by atoms with Crippen LogP contribution in [0.4, 0.5) is 0 Å². The normalized spacial score (nSPS) is 14.1. The molecule has 0 aliphatic carbocycles. The number of nitrogens with one attached hydrogen (secondary N) is 1. The first kappa shape index (κ1) is 12.7. The fourth-order valence-corrected chi connectivity index (χ4v) is 1.82. The number of carboxylic acids is 1. The predicted octanol–water partition coefficient (Wildman–Crippen LogP) is 0.207. The van der Waals surface area contributed by atoms with Gasteiger partial charge in [0.05, 0.1) is 6.04 Å². The second-order valence-electron chi connectivity index (χ2n) is 3.51. The van der Waals surface area contributed by atoms with Gasteiger partial charge in [-0.2, -0.15) is 11.3 Å². The summed E-state index contributed by atoms with van der Waals surface area (Å²) in [6, 6.07) is 0.260. The van der Waals surface area contributed by atoms with Crippen molar-refractivity contribution in [3.05, 3.63) is 22.4 Å². The van der Waals surface area contributed by atoms with Crippen LogP contribution in [0.3, 0.4) is 0 Å². The van der Waals surface area contributed by atoms with Crippen LogP contribution in [-0.4, -0.2) is 29.1 Å². The number of amides is 1. The van der Waals surface area contributed by atoms with Crippen LogP contribution >= 0.6 is 11.3 Å². The molecule has 0 aliphatic heterocycles. The summed E-state index contributed by atoms with van der Waals surface area (Å²) in [6.45, 7) is 1.40. The van der Waals surface area contributed by atoms with Crippen molar-refractivity contribution in [1.29, 1.82) is 0 Å². The van der Waals surface area contributed by atoms with Crippen molar-refractivity contribution < 1.29 is 14.7 Å². The Balaban J connectivity index is 2.45. The maximum atomic E-state index is 11.5. The van der Waals surface area contributed by atoms with E-state index in [1.165, 1.54) is 18.3 Å². The number of rotatable bonds is 5. The molecule has 1 amide bonds. The Bertz CT molecular complexity index is 364. The minimum Gasteiger partial charge on any atom is -0.480 e. The van der Waals surface area contributed by atoms with Gasteiger partial charge in [-0.15, -0.1) is 0 Å². The number of hydrogen-bond donors (Lipinski definition) is 3. The zero-order valence-electron chi connectivity index (χ0n) is 8.84. The van der Waals surface area contributed by atoms with Gasteiger partial charge in [-0.1, -0.05) is 0 Å². The quantitative estimate of drug-likeness (QED) is 0.688. The van der Waals surface area contributed by atoms with Crippen LogP contribution in [0.1, 0.15) is 12.5 Å². The molecule has 0 radical (unpaired) electrons. The molecule has 0 aliphatic rings. The monoisotopic (exact) mass is 242 g/mol. The lowest BCUT2D eigenvalue weighted by Gasteiger charge is -2.14. The summed E-state index contributed by atoms with van der Waals surface area (Å²) in [5.41, 5.74) is 6.64. The number of carboxylic acid groups (broad SMARTS) is 1. The van der Waals surface area contributed by atoms with E-state index in [4.69, 9.17) is 10.8 Å². The average Bonchev–Trinajstić information content (AvgIpc) is 2.69. The highest BCUT2D eigenvalue weighted by atomic mass is 32.1. The Labute approximate surface area is 97.3 Å². The number of aliphatic carboxylic acids is 1. The molecule has 6 heteroatoms. The van der Waals surface area contributed by atoms with Gasteiger partial charge in [-0.25, -0.2) is 0 Å². The molecule has 88 valence electrons. The van der Waals surface area contributed by atoms with Crippen LogP contribution < -0.4 is 11.1 Å². The standard InChI is InChI=1S/C10H14N2O3S/c1-6(10(14)15)12-9(13)8(11)4-7-2-3-16-5-7/h2-3,5-6,8H,4,11H2,1H3,(H,12,13)(H,14,15)/t6-,8-/m0/s1. The molecular weight excluding hydrogens is 228 g/mol. The lowest BCUT2D eigenvalue weighted by Crippen LogP contribution is -2.47. The second kappa shape index (κ2) is 5.62. The van der Waals surface area contributed by atoms with E-state index in [2.05, 4.69) is 5.32 Å². The number of thiophene rings is 1. The maximum Gasteiger partial charge on any atom is 0.325 e. The van der Waals surface area contributed by atoms with Crippen LogP contribution in [0.2, 0.25) is 0 Å². The minimum atomic E-state index is -1.07. The predicted molar refractivity (Wildman–Crippen MR) is 61.2 cm³/mol. The molecule has 0 bridgehead atoms. The summed E-state index contributed by atoms with van der Waals surface area (Å²) in [4.78, 5) is 22.0. The highest BCUT2D eigenvalue weighted by molar-refractivity contribution is 7.07. The van der Waals surface area contributed by atoms with Crippen LogP contribution in [-0.2, 0) is 16.0 Å². The minimum absolute atomic E-state index is 0.418. The number of nitrogens with two attached hydrogens (primary N) is 1. The molecule has 0 spiro atoms. The number of carbonyl (C=O) groups excluding carboxylic acids is 1. The Morgan fingerprint density at radius 3 is 2.81 bits per heavy atom. The highest BCUT2D eigenvalue weighted by Crippen LogP contribution is 2.07. The molecule has 4 N–H and O–H groups in total. The Morgan fingerprint density at radius 1 is 1.62 bits per heavy atom. The van der Waals surface area contributed by atoms with Crippen molar-refractivity contribution in [2.75, 3.05) is 0 Å². The van der Waals surface area contributed by atoms with Gasteiger partial charge in [0.25, 0.3) is 0 Å². The van der Waals surface area contributed by atoms with Gasteiger partial charge in [0, 0.05) is 0 Å². The van der Waals surface area contributed by atoms with Crippen LogP contribution in [0.15, 0.2) is 16.8 Å². The van der Waals surface area contributed by atoms with Gasteiger partial charge in [-0.3, -0.25) is 9.59 Å². The van der Waals surface area contributed by atoms with Crippen molar-refractivity contribution in [2.24, 2.45) is 5.73 Å². The van der Waals surface area contributed by atoms with Gasteiger partial charge in [0.1, 0.15) is 6.04 Å². The fourth-order valence-electron chi connectivity index (χ4n) is 1.14. The molecule has 2 atom stereocenters. The summed E-state index contributed by atoms with van der Waals surface area (Å²) in [6.07, 6.45) is 0.418. The lowest BCUT2D eigenvalue weighted by molar-refractivity contribution is -0.141. The van der Waals surface area contributed by atoms with E-state index in [-0.39, 0.29) is 0 Å². The summed E-state index contributed by atoms with van der Waals surface area (Å²) >= 11 is 1.53. The molecule has 0 saturated carbocycles. The summed E-state index contributed by atoms with van der Waals surface area (Å²) < 4.78 is 0. The van der Waals surface area contributed by atoms with Gasteiger partial charge >= 0.3 is 5.97 Å². The van der Waals surface area contributed by atoms with E-state index in [0.29, 0.717) is 6.42 Å². The van der Waals surface area contributed by atoms with Gasteiger partial charge in [0.2, 0.25) is 5.91 Å². The summed E-state index contributed by atoms with van der Waals surface area (Å²) in [7, 11) is 0. The number of carbonyl (C=O) groups is 2. The molecule has 1 aromatic rings. The van der Waals surface area contributed by atoms with Gasteiger partial charge < -0.3 is 16.2 Å². The van der Waals surface area contributed by atoms with Crippen molar-refractivity contribution >= 4 is 23.2 Å². The van der Waals surface area contributed by atoms with E-state index in [1.807, 2.05) is 16.8 Å². The molecule has 0 fully saturated rings. The van der Waals surface area contributed by atoms with Crippen LogP contribution in [0.5, 0.6) is 0 Å². The number of hydrogen-bond acceptors (Lipinski definition) is 4. The van der Waals surface area contributed by atoms with E-state index in [9.17, 15) is 9.59 Å². The average molecular weight is 242 g/mol. The van der Waals surface area contributed by atoms with Crippen molar-refractivity contribution in [3.63, 3.8) is 0 Å². The fraction of sp³-hybridized carbons (Fsp3) is 0.400. The zero-order valence-corrected chi connectivity index (χ0v) is 9.66. The second-order valence-corrected chi connectivity index (χ2v) is 4.29. The van der Waals surface area contributed by atoms with Gasteiger partial charge in [0.15, 0.2) is 0 Å². The van der Waals surface area contributed by atoms with Crippen molar-refractivity contribution in [2.45, 2.75) is 25.4 Å². The molecule has 1 rings (SSSR count). The van der Waals surface area contributed by atoms with E-state index in [0.717, 1.165) is 5.56 Å². The largest absolute Gasteiger partial charge is 0.480 e. The molecule has 0 unspecified atom stereocenters. The van der Waals surface area contributed by atoms with Crippen molar-refractivity contribution in [3.8, 4) is 0 Å². The molecule has 0 aromatic carbocycles. The lowest BCUT2D eigenvalue weighted by atomic mass is 10.1. The van der Waals surface area contributed by atoms with Crippen LogP contribution in [0, 0.1) is 0 Å². The van der Waals surface area contributed by atoms with Crippen molar-refractivity contribution in [1.82, 2.24) is 5.32 Å². The highest BCUT2D eigenvalue weighted by Gasteiger charge is 2.19. The van der Waals surface area contributed by atoms with Gasteiger partial charge in [-0.05, 0) is 35.7 Å². The van der Waals surface area contributed by atoms with E-state index < -0.39 is 24.0 Å². The zero-order chi connectivity index (χ0) is 12.1. The molecular formula is C10H14N2O3S. The molecule has 1 heterocycles. The Kier molecular flexibility index (Phi) is 4.45. The Morgan fingerprint density at radius 2 is 2.31 bits per heavy atom. The van der Waals surface area contributed by atoms with E-state index in [1.54, 1.807) is 0 Å². The smallest absolute Gasteiger partial charge is 0.325 e. The molecule has 16 heavy (non-hydrogen) atoms.